The normalized spacial score (nSPS) is 25.1. The van der Waals surface area contributed by atoms with E-state index in [9.17, 15) is 4.79 Å². The summed E-state index contributed by atoms with van der Waals surface area (Å²) in [5.74, 6) is 1.05. The molecule has 110 valence electrons. The minimum atomic E-state index is -0.000766. The molecule has 1 amide bonds. The maximum Gasteiger partial charge on any atom is 0.240 e. The van der Waals surface area contributed by atoms with Crippen molar-refractivity contribution in [2.75, 3.05) is 6.54 Å². The Kier molecular flexibility index (Phi) is 3.54. The quantitative estimate of drug-likeness (QED) is 0.915. The fourth-order valence-electron chi connectivity index (χ4n) is 3.22. The van der Waals surface area contributed by atoms with Crippen molar-refractivity contribution in [2.24, 2.45) is 0 Å². The maximum absolute atomic E-state index is 12.7. The van der Waals surface area contributed by atoms with Gasteiger partial charge in [-0.1, -0.05) is 5.16 Å². The number of hydrogen-bond donors (Lipinski definition) is 1. The van der Waals surface area contributed by atoms with Gasteiger partial charge in [0.25, 0.3) is 0 Å². The van der Waals surface area contributed by atoms with Crippen molar-refractivity contribution in [2.45, 2.75) is 64.6 Å². The van der Waals surface area contributed by atoms with Crippen LogP contribution in [-0.2, 0) is 4.79 Å². The molecule has 1 aliphatic carbocycles. The minimum absolute atomic E-state index is 0.000766. The summed E-state index contributed by atoms with van der Waals surface area (Å²) in [6.07, 6.45) is 4.44. The van der Waals surface area contributed by atoms with Gasteiger partial charge in [0, 0.05) is 18.2 Å². The monoisotopic (exact) mass is 277 g/mol. The van der Waals surface area contributed by atoms with E-state index in [-0.39, 0.29) is 18.0 Å². The van der Waals surface area contributed by atoms with Gasteiger partial charge in [0.15, 0.2) is 0 Å². The predicted molar refractivity (Wildman–Crippen MR) is 75.3 cm³/mol. The number of rotatable bonds is 4. The maximum atomic E-state index is 12.7. The number of hydrogen-bond acceptors (Lipinski definition) is 4. The van der Waals surface area contributed by atoms with E-state index in [1.54, 1.807) is 0 Å². The van der Waals surface area contributed by atoms with Gasteiger partial charge in [0.1, 0.15) is 5.76 Å². The highest BCUT2D eigenvalue weighted by Gasteiger charge is 2.36. The van der Waals surface area contributed by atoms with E-state index in [4.69, 9.17) is 4.52 Å². The van der Waals surface area contributed by atoms with Crippen molar-refractivity contribution in [1.82, 2.24) is 15.4 Å². The number of amides is 1. The van der Waals surface area contributed by atoms with Crippen LogP contribution in [0, 0.1) is 13.8 Å². The Bertz CT molecular complexity index is 488. The van der Waals surface area contributed by atoms with Crippen molar-refractivity contribution in [1.29, 1.82) is 0 Å². The summed E-state index contributed by atoms with van der Waals surface area (Å²) >= 11 is 0. The van der Waals surface area contributed by atoms with Gasteiger partial charge in [-0.2, -0.15) is 0 Å². The average Bonchev–Trinajstić information content (AvgIpc) is 3.17. The number of likely N-dealkylation sites (tertiary alicyclic amines) is 1. The molecule has 2 atom stereocenters. The summed E-state index contributed by atoms with van der Waals surface area (Å²) in [5, 5.41) is 7.48. The molecular formula is C15H23N3O2. The Morgan fingerprint density at radius 2 is 2.10 bits per heavy atom. The Morgan fingerprint density at radius 3 is 2.70 bits per heavy atom. The van der Waals surface area contributed by atoms with Gasteiger partial charge in [0.05, 0.1) is 17.8 Å². The molecule has 20 heavy (non-hydrogen) atoms. The number of aromatic nitrogens is 1. The Labute approximate surface area is 119 Å². The molecule has 2 aliphatic rings. The number of nitrogens with one attached hydrogen (secondary N) is 1. The van der Waals surface area contributed by atoms with Crippen molar-refractivity contribution in [3.63, 3.8) is 0 Å². The van der Waals surface area contributed by atoms with E-state index in [1.807, 2.05) is 18.7 Å². The third-order valence-electron chi connectivity index (χ3n) is 4.46. The molecule has 0 bridgehead atoms. The third kappa shape index (κ3) is 2.46. The molecule has 5 nitrogen and oxygen atoms in total. The van der Waals surface area contributed by atoms with Crippen molar-refractivity contribution in [3.8, 4) is 0 Å². The summed E-state index contributed by atoms with van der Waals surface area (Å²) in [6.45, 7) is 6.76. The standard InChI is InChI=1S/C15H23N3O2/c1-9-14(11(3)20-17-9)10(2)18-8-4-5-13(15(18)19)16-12-6-7-12/h10,12-13,16H,4-8H2,1-3H3. The average molecular weight is 277 g/mol. The zero-order valence-electron chi connectivity index (χ0n) is 12.5. The van der Waals surface area contributed by atoms with Crippen LogP contribution in [-0.4, -0.2) is 34.6 Å². The smallest absolute Gasteiger partial charge is 0.240 e. The Hall–Kier alpha value is -1.36. The molecule has 1 aliphatic heterocycles. The van der Waals surface area contributed by atoms with Crippen LogP contribution in [0.1, 0.15) is 55.7 Å². The van der Waals surface area contributed by atoms with Gasteiger partial charge in [0.2, 0.25) is 5.91 Å². The molecule has 0 spiro atoms. The second-order valence-electron chi connectivity index (χ2n) is 6.08. The van der Waals surface area contributed by atoms with Crippen LogP contribution >= 0.6 is 0 Å². The van der Waals surface area contributed by atoms with Crippen molar-refractivity contribution < 1.29 is 9.32 Å². The summed E-state index contributed by atoms with van der Waals surface area (Å²) < 4.78 is 5.24. The van der Waals surface area contributed by atoms with E-state index >= 15 is 0 Å². The van der Waals surface area contributed by atoms with Crippen molar-refractivity contribution in [3.05, 3.63) is 17.0 Å². The highest BCUT2D eigenvalue weighted by atomic mass is 16.5. The Morgan fingerprint density at radius 1 is 1.35 bits per heavy atom. The molecule has 1 saturated heterocycles. The van der Waals surface area contributed by atoms with Crippen molar-refractivity contribution >= 4 is 5.91 Å². The molecule has 3 rings (SSSR count). The number of nitrogens with zero attached hydrogens (tertiary/aromatic N) is 2. The first-order valence-electron chi connectivity index (χ1n) is 7.57. The molecule has 2 fully saturated rings. The van der Waals surface area contributed by atoms with Crippen LogP contribution < -0.4 is 5.32 Å². The second kappa shape index (κ2) is 5.20. The highest BCUT2D eigenvalue weighted by molar-refractivity contribution is 5.83. The summed E-state index contributed by atoms with van der Waals surface area (Å²) in [6, 6.07) is 0.606. The molecule has 1 aromatic heterocycles. The van der Waals surface area contributed by atoms with Crippen LogP contribution in [0.2, 0.25) is 0 Å². The zero-order chi connectivity index (χ0) is 14.3. The van der Waals surface area contributed by atoms with Gasteiger partial charge < -0.3 is 14.7 Å². The zero-order valence-corrected chi connectivity index (χ0v) is 12.5. The summed E-state index contributed by atoms with van der Waals surface area (Å²) in [5.41, 5.74) is 1.95. The first-order valence-corrected chi connectivity index (χ1v) is 7.57. The molecule has 1 N–H and O–H groups in total. The first-order chi connectivity index (χ1) is 9.58. The van der Waals surface area contributed by atoms with Gasteiger partial charge >= 0.3 is 0 Å². The highest BCUT2D eigenvalue weighted by Crippen LogP contribution is 2.30. The SMILES string of the molecule is Cc1noc(C)c1C(C)N1CCCC(NC2CC2)C1=O. The lowest BCUT2D eigenvalue weighted by molar-refractivity contribution is -0.138. The van der Waals surface area contributed by atoms with Gasteiger partial charge in [-0.05, 0) is 46.5 Å². The van der Waals surface area contributed by atoms with Crippen LogP contribution in [0.4, 0.5) is 0 Å². The van der Waals surface area contributed by atoms with E-state index in [0.717, 1.165) is 36.4 Å². The lowest BCUT2D eigenvalue weighted by atomic mass is 9.98. The topological polar surface area (TPSA) is 58.4 Å². The van der Waals surface area contributed by atoms with Gasteiger partial charge in [-0.25, -0.2) is 0 Å². The minimum Gasteiger partial charge on any atom is -0.361 e. The number of carbonyl (C=O) groups excluding carboxylic acids is 1. The molecule has 2 heterocycles. The summed E-state index contributed by atoms with van der Waals surface area (Å²) in [4.78, 5) is 14.6. The molecule has 0 aromatic carbocycles. The third-order valence-corrected chi connectivity index (χ3v) is 4.46. The second-order valence-corrected chi connectivity index (χ2v) is 6.08. The van der Waals surface area contributed by atoms with E-state index in [2.05, 4.69) is 17.4 Å². The van der Waals surface area contributed by atoms with Crippen LogP contribution in [0.25, 0.3) is 0 Å². The molecule has 0 radical (unpaired) electrons. The Balaban J connectivity index is 1.76. The summed E-state index contributed by atoms with van der Waals surface area (Å²) in [7, 11) is 0. The van der Waals surface area contributed by atoms with Crippen LogP contribution in [0.3, 0.4) is 0 Å². The fourth-order valence-corrected chi connectivity index (χ4v) is 3.22. The molecule has 2 unspecified atom stereocenters. The van der Waals surface area contributed by atoms with E-state index < -0.39 is 0 Å². The first kappa shape index (κ1) is 13.6. The number of aryl methyl sites for hydroxylation is 2. The number of piperidine rings is 1. The van der Waals surface area contributed by atoms with E-state index in [1.165, 1.54) is 12.8 Å². The largest absolute Gasteiger partial charge is 0.361 e. The predicted octanol–water partition coefficient (Wildman–Crippen LogP) is 2.10. The fraction of sp³-hybridized carbons (Fsp3) is 0.733. The van der Waals surface area contributed by atoms with E-state index in [0.29, 0.717) is 6.04 Å². The number of carbonyl (C=O) groups is 1. The lowest BCUT2D eigenvalue weighted by Crippen LogP contribution is -2.52. The molecular weight excluding hydrogens is 254 g/mol. The molecule has 1 aromatic rings. The van der Waals surface area contributed by atoms with Gasteiger partial charge in [-0.3, -0.25) is 4.79 Å². The van der Waals surface area contributed by atoms with Gasteiger partial charge in [-0.15, -0.1) is 0 Å². The molecule has 5 heteroatoms. The molecule has 1 saturated carbocycles. The van der Waals surface area contributed by atoms with Crippen LogP contribution in [0.5, 0.6) is 0 Å². The van der Waals surface area contributed by atoms with Crippen LogP contribution in [0.15, 0.2) is 4.52 Å². The lowest BCUT2D eigenvalue weighted by Gasteiger charge is -2.37.